The third-order valence-electron chi connectivity index (χ3n) is 4.36. The van der Waals surface area contributed by atoms with Gasteiger partial charge in [-0.25, -0.2) is 9.25 Å². The predicted molar refractivity (Wildman–Crippen MR) is 90.9 cm³/mol. The van der Waals surface area contributed by atoms with Crippen molar-refractivity contribution in [2.24, 2.45) is 7.05 Å². The first-order valence-corrected chi connectivity index (χ1v) is 7.68. The summed E-state index contributed by atoms with van der Waals surface area (Å²) >= 11 is 0. The molecule has 0 aliphatic heterocycles. The van der Waals surface area contributed by atoms with E-state index in [1.54, 1.807) is 7.05 Å². The zero-order valence-electron chi connectivity index (χ0n) is 14.1. The second-order valence-electron chi connectivity index (χ2n) is 5.88. The summed E-state index contributed by atoms with van der Waals surface area (Å²) < 4.78 is 2.71. The number of nitrogens with zero attached hydrogens (tertiary/aromatic N) is 7. The highest BCUT2D eigenvalue weighted by molar-refractivity contribution is 5.97. The molecule has 0 unspecified atom stereocenters. The Morgan fingerprint density at radius 2 is 1.46 bits per heavy atom. The van der Waals surface area contributed by atoms with E-state index in [0.717, 1.165) is 16.7 Å². The first-order chi connectivity index (χ1) is 13.3. The van der Waals surface area contributed by atoms with Crippen LogP contribution in [0.25, 0.3) is 21.5 Å². The van der Waals surface area contributed by atoms with Gasteiger partial charge < -0.3 is 0 Å². The number of rotatable bonds is 5. The molecule has 28 heavy (non-hydrogen) atoms. The van der Waals surface area contributed by atoms with Crippen molar-refractivity contribution in [2.45, 2.75) is 13.3 Å². The van der Waals surface area contributed by atoms with Crippen LogP contribution in [0.1, 0.15) is 5.82 Å². The van der Waals surface area contributed by atoms with Crippen molar-refractivity contribution in [3.05, 3.63) is 69.5 Å². The molecule has 0 aliphatic rings. The molecule has 0 atom stereocenters. The van der Waals surface area contributed by atoms with Gasteiger partial charge in [-0.3, -0.25) is 28.6 Å². The molecule has 4 aromatic rings. The Labute approximate surface area is 151 Å². The van der Waals surface area contributed by atoms with E-state index < -0.39 is 34.1 Å². The van der Waals surface area contributed by atoms with Crippen molar-refractivity contribution in [3.8, 4) is 0 Å². The maximum absolute atomic E-state index is 12.6. The van der Waals surface area contributed by atoms with Crippen molar-refractivity contribution in [3.63, 3.8) is 0 Å². The SMILES string of the molecule is Cn1nnnc1Cn1c(=O)c2cc3c(=O)n(CO[N+](=O)[O-])c(=O)c3cc2c1=O. The molecule has 3 heterocycles. The number of tetrazole rings is 1. The first kappa shape index (κ1) is 17.2. The van der Waals surface area contributed by atoms with Crippen LogP contribution in [0.3, 0.4) is 0 Å². The van der Waals surface area contributed by atoms with Gasteiger partial charge in [0.2, 0.25) is 0 Å². The molecule has 1 aromatic carbocycles. The van der Waals surface area contributed by atoms with Gasteiger partial charge in [-0.05, 0) is 22.6 Å². The molecule has 14 nitrogen and oxygen atoms in total. The fourth-order valence-electron chi connectivity index (χ4n) is 2.96. The van der Waals surface area contributed by atoms with Gasteiger partial charge in [-0.2, -0.15) is 0 Å². The molecule has 0 amide bonds. The molecule has 0 saturated carbocycles. The summed E-state index contributed by atoms with van der Waals surface area (Å²) in [5.74, 6) is 0.261. The minimum atomic E-state index is -1.14. The van der Waals surface area contributed by atoms with Gasteiger partial charge >= 0.3 is 0 Å². The molecule has 4 rings (SSSR count). The molecule has 0 fully saturated rings. The quantitative estimate of drug-likeness (QED) is 0.266. The second kappa shape index (κ2) is 5.90. The topological polar surface area (TPSA) is 174 Å². The van der Waals surface area contributed by atoms with E-state index in [1.165, 1.54) is 4.68 Å². The summed E-state index contributed by atoms with van der Waals surface area (Å²) in [5, 5.41) is 19.5. The van der Waals surface area contributed by atoms with Crippen molar-refractivity contribution in [2.75, 3.05) is 0 Å². The standard InChI is InChI=1S/C14H9N7O7/c1-18-10(15-16-17-18)4-19-11(22)6-2-8-9(3-7(6)12(19)23)14(25)20(13(8)24)5-28-21(26)27/h2-3H,4-5H2,1H3. The molecule has 3 aromatic heterocycles. The van der Waals surface area contributed by atoms with Crippen LogP contribution in [-0.2, 0) is 25.2 Å². The van der Waals surface area contributed by atoms with Gasteiger partial charge in [0.1, 0.15) is 0 Å². The van der Waals surface area contributed by atoms with Crippen molar-refractivity contribution in [1.29, 1.82) is 0 Å². The Morgan fingerprint density at radius 1 is 0.964 bits per heavy atom. The van der Waals surface area contributed by atoms with Crippen LogP contribution in [0, 0.1) is 10.1 Å². The van der Waals surface area contributed by atoms with E-state index in [0.29, 0.717) is 4.57 Å². The van der Waals surface area contributed by atoms with E-state index in [2.05, 4.69) is 20.4 Å². The van der Waals surface area contributed by atoms with Gasteiger partial charge in [0.25, 0.3) is 27.3 Å². The molecular weight excluding hydrogens is 378 g/mol. The van der Waals surface area contributed by atoms with Crippen LogP contribution in [-0.4, -0.2) is 34.4 Å². The van der Waals surface area contributed by atoms with Gasteiger partial charge in [-0.15, -0.1) is 15.2 Å². The highest BCUT2D eigenvalue weighted by atomic mass is 17.0. The average molecular weight is 387 g/mol. The highest BCUT2D eigenvalue weighted by Gasteiger charge is 2.20. The molecule has 0 saturated heterocycles. The van der Waals surface area contributed by atoms with Gasteiger partial charge in [-0.1, -0.05) is 0 Å². The van der Waals surface area contributed by atoms with Crippen molar-refractivity contribution >= 4 is 21.5 Å². The fraction of sp³-hybridized carbons (Fsp3) is 0.214. The molecule has 0 N–H and O–H groups in total. The summed E-state index contributed by atoms with van der Waals surface area (Å²) in [5.41, 5.74) is -3.07. The lowest BCUT2D eigenvalue weighted by Gasteiger charge is -1.97. The Balaban J connectivity index is 1.93. The average Bonchev–Trinajstić information content (AvgIpc) is 3.24. The van der Waals surface area contributed by atoms with Gasteiger partial charge in [0.05, 0.1) is 28.1 Å². The van der Waals surface area contributed by atoms with Crippen LogP contribution >= 0.6 is 0 Å². The molecule has 0 spiro atoms. The second-order valence-corrected chi connectivity index (χ2v) is 5.88. The normalized spacial score (nSPS) is 11.5. The van der Waals surface area contributed by atoms with Crippen LogP contribution in [0.5, 0.6) is 0 Å². The number of hydrogen-bond acceptors (Lipinski definition) is 10. The van der Waals surface area contributed by atoms with Crippen molar-refractivity contribution in [1.82, 2.24) is 29.3 Å². The maximum atomic E-state index is 12.6. The summed E-state index contributed by atoms with van der Waals surface area (Å²) in [4.78, 5) is 64.3. The zero-order chi connectivity index (χ0) is 20.2. The monoisotopic (exact) mass is 387 g/mol. The molecule has 0 bridgehead atoms. The van der Waals surface area contributed by atoms with Crippen molar-refractivity contribution < 1.29 is 9.92 Å². The minimum Gasteiger partial charge on any atom is -0.292 e. The van der Waals surface area contributed by atoms with Gasteiger partial charge in [0, 0.05) is 7.05 Å². The minimum absolute atomic E-state index is 0.0583. The summed E-state index contributed by atoms with van der Waals surface area (Å²) in [6.45, 7) is -1.08. The van der Waals surface area contributed by atoms with E-state index in [4.69, 9.17) is 0 Å². The van der Waals surface area contributed by atoms with Crippen LogP contribution in [0.2, 0.25) is 0 Å². The fourth-order valence-corrected chi connectivity index (χ4v) is 2.96. The van der Waals surface area contributed by atoms with Crippen LogP contribution < -0.4 is 22.2 Å². The predicted octanol–water partition coefficient (Wildman–Crippen LogP) is -2.35. The zero-order valence-corrected chi connectivity index (χ0v) is 14.1. The Bertz CT molecular complexity index is 1390. The van der Waals surface area contributed by atoms with E-state index >= 15 is 0 Å². The van der Waals surface area contributed by atoms with Crippen LogP contribution in [0.4, 0.5) is 0 Å². The molecular formula is C14H9N7O7. The van der Waals surface area contributed by atoms with Crippen LogP contribution in [0.15, 0.2) is 31.3 Å². The lowest BCUT2D eigenvalue weighted by Crippen LogP contribution is -2.28. The Hall–Kier alpha value is -4.23. The third-order valence-corrected chi connectivity index (χ3v) is 4.36. The number of hydrogen-bond donors (Lipinski definition) is 0. The lowest BCUT2D eigenvalue weighted by molar-refractivity contribution is -0.767. The van der Waals surface area contributed by atoms with E-state index in [1.807, 2.05) is 0 Å². The Kier molecular flexibility index (Phi) is 3.62. The molecule has 14 heteroatoms. The highest BCUT2D eigenvalue weighted by Crippen LogP contribution is 2.14. The molecule has 0 aliphatic carbocycles. The largest absolute Gasteiger partial charge is 0.296 e. The van der Waals surface area contributed by atoms with Gasteiger partial charge in [0.15, 0.2) is 12.6 Å². The summed E-state index contributed by atoms with van der Waals surface area (Å²) in [6, 6.07) is 2.26. The third kappa shape index (κ3) is 2.38. The number of aromatic nitrogens is 6. The number of aryl methyl sites for hydroxylation is 1. The first-order valence-electron chi connectivity index (χ1n) is 7.68. The van der Waals surface area contributed by atoms with E-state index in [9.17, 15) is 29.3 Å². The molecule has 142 valence electrons. The molecule has 0 radical (unpaired) electrons. The number of benzene rings is 1. The summed E-state index contributed by atoms with van der Waals surface area (Å²) in [7, 11) is 1.54. The lowest BCUT2D eigenvalue weighted by atomic mass is 10.1. The number of fused-ring (bicyclic) bond motifs is 2. The maximum Gasteiger partial charge on any atom is 0.296 e. The van der Waals surface area contributed by atoms with E-state index in [-0.39, 0.29) is 33.9 Å². The smallest absolute Gasteiger partial charge is 0.292 e. The summed E-state index contributed by atoms with van der Waals surface area (Å²) in [6.07, 6.45) is 0. The Morgan fingerprint density at radius 3 is 1.89 bits per heavy atom.